The first kappa shape index (κ1) is 18.4. The molecular formula is C20H25ClN2OS. The molecule has 25 heavy (non-hydrogen) atoms. The zero-order valence-electron chi connectivity index (χ0n) is 14.8. The number of carbonyl (C=O) groups is 1. The summed E-state index contributed by atoms with van der Waals surface area (Å²) >= 11 is 8.07. The average Bonchev–Trinajstić information content (AvgIpc) is 3.28. The molecule has 1 saturated carbocycles. The van der Waals surface area contributed by atoms with Gasteiger partial charge in [0.1, 0.15) is 0 Å². The fraction of sp³-hybridized carbons (Fsp3) is 0.450. The second kappa shape index (κ2) is 7.90. The van der Waals surface area contributed by atoms with E-state index in [2.05, 4.69) is 21.7 Å². The summed E-state index contributed by atoms with van der Waals surface area (Å²) in [5.74, 6) is 0.159. The lowest BCUT2D eigenvalue weighted by molar-refractivity contribution is -0.126. The van der Waals surface area contributed by atoms with Crippen LogP contribution in [0.5, 0.6) is 0 Å². The number of likely N-dealkylation sites (N-methyl/N-ethyl adjacent to an activating group) is 1. The number of rotatable bonds is 6. The van der Waals surface area contributed by atoms with Crippen molar-refractivity contribution in [3.8, 4) is 0 Å². The molecule has 2 aromatic rings. The van der Waals surface area contributed by atoms with E-state index in [1.807, 2.05) is 44.4 Å². The van der Waals surface area contributed by atoms with Crippen LogP contribution in [0.4, 0.5) is 0 Å². The van der Waals surface area contributed by atoms with Crippen LogP contribution >= 0.6 is 22.9 Å². The Balaban J connectivity index is 1.76. The average molecular weight is 377 g/mol. The molecule has 1 atom stereocenters. The van der Waals surface area contributed by atoms with Gasteiger partial charge in [-0.2, -0.15) is 0 Å². The SMILES string of the molecule is CN(C)[C@@H](CNC(=O)C1(c2cccs2)CCCC1)c1ccccc1Cl. The fourth-order valence-electron chi connectivity index (χ4n) is 3.79. The highest BCUT2D eigenvalue weighted by Crippen LogP contribution is 2.43. The molecule has 1 N–H and O–H groups in total. The minimum Gasteiger partial charge on any atom is -0.353 e. The predicted molar refractivity (Wildman–Crippen MR) is 105 cm³/mol. The molecule has 0 spiro atoms. The van der Waals surface area contributed by atoms with E-state index in [0.29, 0.717) is 6.54 Å². The molecule has 0 unspecified atom stereocenters. The van der Waals surface area contributed by atoms with E-state index >= 15 is 0 Å². The van der Waals surface area contributed by atoms with E-state index in [4.69, 9.17) is 11.6 Å². The van der Waals surface area contributed by atoms with Crippen LogP contribution in [-0.4, -0.2) is 31.4 Å². The third-order valence-corrected chi connectivity index (χ3v) is 6.65. The van der Waals surface area contributed by atoms with Crippen LogP contribution in [0.15, 0.2) is 41.8 Å². The van der Waals surface area contributed by atoms with Crippen molar-refractivity contribution in [2.45, 2.75) is 37.1 Å². The molecule has 0 aliphatic heterocycles. The van der Waals surface area contributed by atoms with Crippen molar-refractivity contribution in [2.75, 3.05) is 20.6 Å². The summed E-state index contributed by atoms with van der Waals surface area (Å²) in [5.41, 5.74) is 0.706. The first-order valence-corrected chi connectivity index (χ1v) is 10.0. The van der Waals surface area contributed by atoms with Crippen LogP contribution in [0, 0.1) is 0 Å². The summed E-state index contributed by atoms with van der Waals surface area (Å²) in [6.45, 7) is 0.558. The van der Waals surface area contributed by atoms with E-state index in [-0.39, 0.29) is 17.4 Å². The lowest BCUT2D eigenvalue weighted by Crippen LogP contribution is -2.45. The molecule has 3 rings (SSSR count). The van der Waals surface area contributed by atoms with Gasteiger partial charge in [-0.05, 0) is 50.0 Å². The summed E-state index contributed by atoms with van der Waals surface area (Å²) in [6.07, 6.45) is 4.12. The highest BCUT2D eigenvalue weighted by atomic mass is 35.5. The normalized spacial score (nSPS) is 17.6. The Kier molecular flexibility index (Phi) is 5.82. The Morgan fingerprint density at radius 2 is 1.96 bits per heavy atom. The van der Waals surface area contributed by atoms with Gasteiger partial charge in [0.15, 0.2) is 0 Å². The number of hydrogen-bond donors (Lipinski definition) is 1. The first-order valence-electron chi connectivity index (χ1n) is 8.78. The number of amides is 1. The van der Waals surface area contributed by atoms with Gasteiger partial charge in [-0.15, -0.1) is 11.3 Å². The Morgan fingerprint density at radius 1 is 1.24 bits per heavy atom. The third kappa shape index (κ3) is 3.76. The van der Waals surface area contributed by atoms with Gasteiger partial charge in [0.05, 0.1) is 11.5 Å². The molecule has 1 aromatic heterocycles. The van der Waals surface area contributed by atoms with E-state index in [9.17, 15) is 4.79 Å². The summed E-state index contributed by atoms with van der Waals surface area (Å²) in [6, 6.07) is 12.1. The molecule has 1 heterocycles. The smallest absolute Gasteiger partial charge is 0.231 e. The van der Waals surface area contributed by atoms with Crippen molar-refractivity contribution in [1.82, 2.24) is 10.2 Å². The Morgan fingerprint density at radius 3 is 2.56 bits per heavy atom. The van der Waals surface area contributed by atoms with Crippen LogP contribution in [0.1, 0.15) is 42.2 Å². The fourth-order valence-corrected chi connectivity index (χ4v) is 5.03. The maximum atomic E-state index is 13.2. The van der Waals surface area contributed by atoms with E-state index < -0.39 is 0 Å². The molecule has 1 fully saturated rings. The Bertz CT molecular complexity index is 708. The first-order chi connectivity index (χ1) is 12.0. The number of thiophene rings is 1. The number of benzene rings is 1. The van der Waals surface area contributed by atoms with E-state index in [1.54, 1.807) is 11.3 Å². The van der Waals surface area contributed by atoms with Crippen molar-refractivity contribution >= 4 is 28.8 Å². The van der Waals surface area contributed by atoms with Gasteiger partial charge in [0, 0.05) is 16.4 Å². The third-order valence-electron chi connectivity index (χ3n) is 5.23. The number of nitrogens with zero attached hydrogens (tertiary/aromatic N) is 1. The largest absolute Gasteiger partial charge is 0.353 e. The lowest BCUT2D eigenvalue weighted by Gasteiger charge is -2.30. The minimum absolute atomic E-state index is 0.0550. The standard InChI is InChI=1S/C20H25ClN2OS/c1-23(2)17(15-8-3-4-9-16(15)21)14-22-19(24)20(11-5-6-12-20)18-10-7-13-25-18/h3-4,7-10,13,17H,5-6,11-12,14H2,1-2H3,(H,22,24)/t17-/m0/s1. The zero-order chi connectivity index (χ0) is 17.9. The van der Waals surface area contributed by atoms with E-state index in [0.717, 1.165) is 36.3 Å². The van der Waals surface area contributed by atoms with Gasteiger partial charge < -0.3 is 10.2 Å². The minimum atomic E-state index is -0.342. The highest BCUT2D eigenvalue weighted by molar-refractivity contribution is 7.10. The van der Waals surface area contributed by atoms with E-state index in [1.165, 1.54) is 4.88 Å². The van der Waals surface area contributed by atoms with Crippen molar-refractivity contribution in [1.29, 1.82) is 0 Å². The second-order valence-corrected chi connectivity index (χ2v) is 8.33. The maximum Gasteiger partial charge on any atom is 0.231 e. The molecule has 1 aromatic carbocycles. The van der Waals surface area contributed by atoms with Crippen molar-refractivity contribution in [2.24, 2.45) is 0 Å². The maximum absolute atomic E-state index is 13.2. The number of nitrogens with one attached hydrogen (secondary N) is 1. The molecular weight excluding hydrogens is 352 g/mol. The molecule has 1 aliphatic carbocycles. The Labute approximate surface area is 159 Å². The van der Waals surface area contributed by atoms with Crippen molar-refractivity contribution in [3.05, 3.63) is 57.2 Å². The van der Waals surface area contributed by atoms with Gasteiger partial charge in [-0.1, -0.05) is 48.7 Å². The van der Waals surface area contributed by atoms with Crippen LogP contribution in [-0.2, 0) is 10.2 Å². The highest BCUT2D eigenvalue weighted by Gasteiger charge is 2.43. The van der Waals surface area contributed by atoms with Crippen LogP contribution in [0.2, 0.25) is 5.02 Å². The second-order valence-electron chi connectivity index (χ2n) is 6.98. The van der Waals surface area contributed by atoms with Crippen LogP contribution in [0.3, 0.4) is 0 Å². The molecule has 134 valence electrons. The quantitative estimate of drug-likeness (QED) is 0.796. The number of carbonyl (C=O) groups excluding carboxylic acids is 1. The molecule has 1 amide bonds. The molecule has 5 heteroatoms. The van der Waals surface area contributed by atoms with Gasteiger partial charge in [0.25, 0.3) is 0 Å². The molecule has 1 aliphatic rings. The summed E-state index contributed by atoms with van der Waals surface area (Å²) < 4.78 is 0. The monoisotopic (exact) mass is 376 g/mol. The summed E-state index contributed by atoms with van der Waals surface area (Å²) in [4.78, 5) is 16.5. The number of halogens is 1. The summed E-state index contributed by atoms with van der Waals surface area (Å²) in [7, 11) is 4.04. The molecule has 0 bridgehead atoms. The van der Waals surface area contributed by atoms with Crippen LogP contribution < -0.4 is 5.32 Å². The van der Waals surface area contributed by atoms with Crippen molar-refractivity contribution in [3.63, 3.8) is 0 Å². The molecule has 0 radical (unpaired) electrons. The predicted octanol–water partition coefficient (Wildman–Crippen LogP) is 4.63. The van der Waals surface area contributed by atoms with Gasteiger partial charge in [-0.25, -0.2) is 0 Å². The van der Waals surface area contributed by atoms with Crippen LogP contribution in [0.25, 0.3) is 0 Å². The van der Waals surface area contributed by atoms with Gasteiger partial charge in [-0.3, -0.25) is 4.79 Å². The summed E-state index contributed by atoms with van der Waals surface area (Å²) in [5, 5.41) is 6.03. The Hall–Kier alpha value is -1.36. The van der Waals surface area contributed by atoms with Gasteiger partial charge >= 0.3 is 0 Å². The topological polar surface area (TPSA) is 32.3 Å². The number of hydrogen-bond acceptors (Lipinski definition) is 3. The lowest BCUT2D eigenvalue weighted by atomic mass is 9.83. The van der Waals surface area contributed by atoms with Crippen molar-refractivity contribution < 1.29 is 4.79 Å². The molecule has 3 nitrogen and oxygen atoms in total. The van der Waals surface area contributed by atoms with Gasteiger partial charge in [0.2, 0.25) is 5.91 Å². The molecule has 0 saturated heterocycles. The zero-order valence-corrected chi connectivity index (χ0v) is 16.4.